The summed E-state index contributed by atoms with van der Waals surface area (Å²) in [7, 11) is 1.58. The summed E-state index contributed by atoms with van der Waals surface area (Å²) in [6, 6.07) is 6.28. The average Bonchev–Trinajstić information content (AvgIpc) is 3.48. The van der Waals surface area contributed by atoms with Crippen molar-refractivity contribution in [2.75, 3.05) is 38.3 Å². The molecular formula is C32H44N2O7. The molecule has 1 aromatic carbocycles. The number of rotatable bonds is 15. The zero-order valence-electron chi connectivity index (χ0n) is 24.5. The molecule has 3 fully saturated rings. The summed E-state index contributed by atoms with van der Waals surface area (Å²) in [6.07, 6.45) is 7.31. The van der Waals surface area contributed by atoms with Crippen molar-refractivity contribution >= 4 is 23.5 Å². The van der Waals surface area contributed by atoms with Gasteiger partial charge in [-0.3, -0.25) is 14.4 Å². The highest BCUT2D eigenvalue weighted by Gasteiger charge is 2.80. The Morgan fingerprint density at radius 3 is 2.51 bits per heavy atom. The Bertz CT molecular complexity index is 1140. The van der Waals surface area contributed by atoms with Gasteiger partial charge in [0, 0.05) is 25.4 Å². The van der Waals surface area contributed by atoms with Crippen molar-refractivity contribution in [3.63, 3.8) is 0 Å². The SMILES string of the molecule is C=CCCOC(=O)[C@@H]1[C@H]2C(=O)N(CCCCCCO)C(C(=O)N(CC=C)c3ccc(OC)cc3)C23CC(C)[C@@]1(C)O3. The normalized spacial score (nSPS) is 29.8. The van der Waals surface area contributed by atoms with Gasteiger partial charge in [0.05, 0.1) is 25.2 Å². The Hall–Kier alpha value is -3.17. The molecule has 3 unspecified atom stereocenters. The molecule has 0 aliphatic carbocycles. The Morgan fingerprint density at radius 2 is 1.88 bits per heavy atom. The van der Waals surface area contributed by atoms with Crippen molar-refractivity contribution in [3.05, 3.63) is 49.6 Å². The highest BCUT2D eigenvalue weighted by Crippen LogP contribution is 2.65. The summed E-state index contributed by atoms with van der Waals surface area (Å²) >= 11 is 0. The van der Waals surface area contributed by atoms with Crippen LogP contribution in [0.4, 0.5) is 5.69 Å². The van der Waals surface area contributed by atoms with Gasteiger partial charge in [-0.15, -0.1) is 13.2 Å². The number of unbranched alkanes of at least 4 members (excludes halogenated alkanes) is 3. The quantitative estimate of drug-likeness (QED) is 0.194. The van der Waals surface area contributed by atoms with Gasteiger partial charge in [-0.1, -0.05) is 31.9 Å². The van der Waals surface area contributed by atoms with Crippen molar-refractivity contribution in [3.8, 4) is 5.75 Å². The van der Waals surface area contributed by atoms with E-state index in [1.165, 1.54) is 0 Å². The average molecular weight is 569 g/mol. The molecule has 3 heterocycles. The first kappa shape index (κ1) is 30.8. The Morgan fingerprint density at radius 1 is 1.17 bits per heavy atom. The van der Waals surface area contributed by atoms with Crippen LogP contribution in [0, 0.1) is 17.8 Å². The second kappa shape index (κ2) is 12.8. The van der Waals surface area contributed by atoms with Gasteiger partial charge in [0.1, 0.15) is 23.3 Å². The van der Waals surface area contributed by atoms with Gasteiger partial charge >= 0.3 is 5.97 Å². The first-order chi connectivity index (χ1) is 19.7. The molecule has 3 aliphatic rings. The van der Waals surface area contributed by atoms with Gasteiger partial charge in [0.15, 0.2) is 0 Å². The maximum absolute atomic E-state index is 14.6. The van der Waals surface area contributed by atoms with E-state index < -0.39 is 35.0 Å². The number of carbonyl (C=O) groups excluding carboxylic acids is 3. The van der Waals surface area contributed by atoms with Crippen LogP contribution < -0.4 is 9.64 Å². The molecule has 0 saturated carbocycles. The standard InChI is InChI=1S/C32H44N2O7/c1-6-8-20-40-30(38)26-25-28(36)34(18-11-9-10-12-19-35)27(32(25)21-22(3)31(26,4)41-32)29(37)33(17-7-2)23-13-15-24(39-5)16-14-23/h6-7,13-16,22,25-27,35H,1-2,8-12,17-21H2,3-5H3/t22?,25-,26-,27?,31+,32?/m0/s1. The molecule has 9 heteroatoms. The zero-order chi connectivity index (χ0) is 29.8. The van der Waals surface area contributed by atoms with Crippen LogP contribution in [0.5, 0.6) is 5.75 Å². The first-order valence-corrected chi connectivity index (χ1v) is 14.7. The molecule has 3 saturated heterocycles. The number of aliphatic hydroxyl groups is 1. The van der Waals surface area contributed by atoms with E-state index in [0.717, 1.165) is 12.8 Å². The molecule has 6 atom stereocenters. The molecule has 4 rings (SSSR count). The zero-order valence-corrected chi connectivity index (χ0v) is 24.5. The first-order valence-electron chi connectivity index (χ1n) is 14.7. The summed E-state index contributed by atoms with van der Waals surface area (Å²) < 4.78 is 17.7. The van der Waals surface area contributed by atoms with Gasteiger partial charge < -0.3 is 29.1 Å². The number of fused-ring (bicyclic) bond motifs is 1. The lowest BCUT2D eigenvalue weighted by atomic mass is 9.62. The van der Waals surface area contributed by atoms with Gasteiger partial charge in [-0.05, 0) is 62.8 Å². The highest BCUT2D eigenvalue weighted by atomic mass is 16.6. The predicted molar refractivity (Wildman–Crippen MR) is 155 cm³/mol. The highest BCUT2D eigenvalue weighted by molar-refractivity contribution is 6.04. The summed E-state index contributed by atoms with van der Waals surface area (Å²) in [5, 5.41) is 9.18. The van der Waals surface area contributed by atoms with Crippen LogP contribution >= 0.6 is 0 Å². The molecule has 1 spiro atoms. The number of anilines is 1. The molecule has 0 radical (unpaired) electrons. The van der Waals surface area contributed by atoms with Crippen molar-refractivity contribution in [1.82, 2.24) is 4.90 Å². The largest absolute Gasteiger partial charge is 0.497 e. The van der Waals surface area contributed by atoms with Crippen molar-refractivity contribution in [1.29, 1.82) is 0 Å². The molecule has 0 aromatic heterocycles. The minimum absolute atomic E-state index is 0.0721. The molecule has 41 heavy (non-hydrogen) atoms. The number of methoxy groups -OCH3 is 1. The van der Waals surface area contributed by atoms with Crippen LogP contribution in [0.2, 0.25) is 0 Å². The number of carbonyl (C=O) groups is 3. The number of likely N-dealkylation sites (tertiary alicyclic amines) is 1. The van der Waals surface area contributed by atoms with Gasteiger partial charge in [0.2, 0.25) is 5.91 Å². The third-order valence-electron chi connectivity index (χ3n) is 9.14. The molecule has 1 aromatic rings. The van der Waals surface area contributed by atoms with Crippen LogP contribution in [0.25, 0.3) is 0 Å². The summed E-state index contributed by atoms with van der Waals surface area (Å²) in [5.74, 6) is -2.00. The number of nitrogens with zero attached hydrogens (tertiary/aromatic N) is 2. The number of hydrogen-bond acceptors (Lipinski definition) is 7. The number of ether oxygens (including phenoxy) is 3. The van der Waals surface area contributed by atoms with E-state index in [2.05, 4.69) is 13.2 Å². The van der Waals surface area contributed by atoms with Crippen LogP contribution in [0.15, 0.2) is 49.6 Å². The summed E-state index contributed by atoms with van der Waals surface area (Å²) in [5.41, 5.74) is -1.43. The minimum atomic E-state index is -1.15. The van der Waals surface area contributed by atoms with Gasteiger partial charge in [-0.2, -0.15) is 0 Å². The van der Waals surface area contributed by atoms with E-state index in [9.17, 15) is 19.5 Å². The molecule has 2 bridgehead atoms. The van der Waals surface area contributed by atoms with Crippen LogP contribution in [-0.2, 0) is 23.9 Å². The van der Waals surface area contributed by atoms with Gasteiger partial charge in [-0.25, -0.2) is 0 Å². The van der Waals surface area contributed by atoms with E-state index in [4.69, 9.17) is 14.2 Å². The molecule has 3 aliphatic heterocycles. The minimum Gasteiger partial charge on any atom is -0.497 e. The summed E-state index contributed by atoms with van der Waals surface area (Å²) in [4.78, 5) is 45.7. The third kappa shape index (κ3) is 5.42. The van der Waals surface area contributed by atoms with E-state index in [0.29, 0.717) is 43.7 Å². The van der Waals surface area contributed by atoms with Crippen LogP contribution in [0.1, 0.15) is 52.4 Å². The summed E-state index contributed by atoms with van der Waals surface area (Å²) in [6.45, 7) is 12.3. The third-order valence-corrected chi connectivity index (χ3v) is 9.14. The topological polar surface area (TPSA) is 106 Å². The van der Waals surface area contributed by atoms with Crippen LogP contribution in [-0.4, -0.2) is 78.4 Å². The monoisotopic (exact) mass is 568 g/mol. The Labute approximate surface area is 243 Å². The Balaban J connectivity index is 1.74. The van der Waals surface area contributed by atoms with Crippen molar-refractivity contribution in [2.24, 2.45) is 17.8 Å². The molecule has 1 N–H and O–H groups in total. The smallest absolute Gasteiger partial charge is 0.312 e. The lowest BCUT2D eigenvalue weighted by molar-refractivity contribution is -0.161. The number of benzene rings is 1. The van der Waals surface area contributed by atoms with Crippen molar-refractivity contribution < 1.29 is 33.7 Å². The maximum atomic E-state index is 14.6. The van der Waals surface area contributed by atoms with E-state index in [1.54, 1.807) is 41.2 Å². The molecule has 2 amide bonds. The number of hydrogen-bond donors (Lipinski definition) is 1. The number of aliphatic hydroxyl groups excluding tert-OH is 1. The lowest BCUT2D eigenvalue weighted by Crippen LogP contribution is -2.57. The lowest BCUT2D eigenvalue weighted by Gasteiger charge is -2.37. The fourth-order valence-corrected chi connectivity index (χ4v) is 7.06. The predicted octanol–water partition coefficient (Wildman–Crippen LogP) is 3.90. The van der Waals surface area contributed by atoms with E-state index in [-0.39, 0.29) is 37.5 Å². The van der Waals surface area contributed by atoms with E-state index >= 15 is 0 Å². The number of amides is 2. The fraction of sp³-hybridized carbons (Fsp3) is 0.594. The number of esters is 1. The van der Waals surface area contributed by atoms with E-state index in [1.807, 2.05) is 26.0 Å². The molecule has 9 nitrogen and oxygen atoms in total. The van der Waals surface area contributed by atoms with Gasteiger partial charge in [0.25, 0.3) is 5.91 Å². The molecule has 224 valence electrons. The second-order valence-electron chi connectivity index (χ2n) is 11.6. The Kier molecular flexibility index (Phi) is 9.59. The molecular weight excluding hydrogens is 524 g/mol. The fourth-order valence-electron chi connectivity index (χ4n) is 7.06. The second-order valence-corrected chi connectivity index (χ2v) is 11.6. The van der Waals surface area contributed by atoms with Crippen LogP contribution in [0.3, 0.4) is 0 Å². The maximum Gasteiger partial charge on any atom is 0.312 e. The van der Waals surface area contributed by atoms with Crippen molar-refractivity contribution in [2.45, 2.75) is 69.6 Å².